The summed E-state index contributed by atoms with van der Waals surface area (Å²) in [6, 6.07) is 9.59. The second kappa shape index (κ2) is 7.58. The maximum absolute atomic E-state index is 12.5. The summed E-state index contributed by atoms with van der Waals surface area (Å²) < 4.78 is 5.29. The Bertz CT molecular complexity index is 904. The van der Waals surface area contributed by atoms with Crippen LogP contribution in [-0.4, -0.2) is 36.3 Å². The summed E-state index contributed by atoms with van der Waals surface area (Å²) in [5, 5.41) is 3.12. The van der Waals surface area contributed by atoms with Crippen LogP contribution in [0.3, 0.4) is 0 Å². The number of rotatable bonds is 5. The molecule has 1 atom stereocenters. The number of hydrogen-bond acceptors (Lipinski definition) is 4. The molecular weight excluding hydrogens is 391 g/mol. The Labute approximate surface area is 166 Å². The van der Waals surface area contributed by atoms with E-state index < -0.39 is 24.3 Å². The monoisotopic (exact) mass is 406 g/mol. The highest BCUT2D eigenvalue weighted by Gasteiger charge is 2.37. The van der Waals surface area contributed by atoms with Gasteiger partial charge in [0.25, 0.3) is 11.8 Å². The first-order chi connectivity index (χ1) is 12.8. The standard InChI is InChI=1S/C19H16Cl2N2O4/c1-10(11-5-3-4-6-16(11)27-2)22-17(24)9-23-18(25)12-7-14(20)15(21)8-13(12)19(23)26/h3-8,10H,9H2,1-2H3,(H,22,24). The Morgan fingerprint density at radius 1 is 1.11 bits per heavy atom. The van der Waals surface area contributed by atoms with E-state index in [1.54, 1.807) is 20.1 Å². The van der Waals surface area contributed by atoms with Crippen LogP contribution in [0, 0.1) is 0 Å². The summed E-state index contributed by atoms with van der Waals surface area (Å²) in [4.78, 5) is 38.2. The highest BCUT2D eigenvalue weighted by atomic mass is 35.5. The summed E-state index contributed by atoms with van der Waals surface area (Å²) in [5.74, 6) is -0.988. The van der Waals surface area contributed by atoms with Gasteiger partial charge in [-0.1, -0.05) is 41.4 Å². The van der Waals surface area contributed by atoms with Crippen molar-refractivity contribution in [3.8, 4) is 5.75 Å². The lowest BCUT2D eigenvalue weighted by atomic mass is 10.1. The van der Waals surface area contributed by atoms with Gasteiger partial charge in [0, 0.05) is 5.56 Å². The van der Waals surface area contributed by atoms with Crippen molar-refractivity contribution >= 4 is 40.9 Å². The van der Waals surface area contributed by atoms with Gasteiger partial charge < -0.3 is 10.1 Å². The quantitative estimate of drug-likeness (QED) is 0.771. The van der Waals surface area contributed by atoms with Gasteiger partial charge in [-0.05, 0) is 25.1 Å². The molecule has 27 heavy (non-hydrogen) atoms. The van der Waals surface area contributed by atoms with E-state index in [1.807, 2.05) is 18.2 Å². The molecule has 140 valence electrons. The van der Waals surface area contributed by atoms with Gasteiger partial charge in [-0.2, -0.15) is 0 Å². The molecule has 0 bridgehead atoms. The lowest BCUT2D eigenvalue weighted by Gasteiger charge is -2.19. The van der Waals surface area contributed by atoms with Crippen molar-refractivity contribution in [2.75, 3.05) is 13.7 Å². The molecule has 0 saturated carbocycles. The average molecular weight is 407 g/mol. The molecule has 2 aromatic rings. The van der Waals surface area contributed by atoms with Crippen LogP contribution in [0.2, 0.25) is 10.0 Å². The van der Waals surface area contributed by atoms with E-state index in [2.05, 4.69) is 5.32 Å². The van der Waals surface area contributed by atoms with Crippen LogP contribution in [-0.2, 0) is 4.79 Å². The number of benzene rings is 2. The summed E-state index contributed by atoms with van der Waals surface area (Å²) in [6.45, 7) is 1.39. The molecule has 2 aromatic carbocycles. The highest BCUT2D eigenvalue weighted by Crippen LogP contribution is 2.31. The van der Waals surface area contributed by atoms with Crippen LogP contribution < -0.4 is 10.1 Å². The maximum Gasteiger partial charge on any atom is 0.262 e. The molecule has 0 aromatic heterocycles. The number of carbonyl (C=O) groups excluding carboxylic acids is 3. The molecule has 0 aliphatic carbocycles. The number of nitrogens with one attached hydrogen (secondary N) is 1. The highest BCUT2D eigenvalue weighted by molar-refractivity contribution is 6.43. The van der Waals surface area contributed by atoms with Crippen molar-refractivity contribution < 1.29 is 19.1 Å². The Morgan fingerprint density at radius 3 is 2.22 bits per heavy atom. The van der Waals surface area contributed by atoms with E-state index in [1.165, 1.54) is 12.1 Å². The zero-order chi connectivity index (χ0) is 19.7. The predicted octanol–water partition coefficient (Wildman–Crippen LogP) is 3.48. The predicted molar refractivity (Wildman–Crippen MR) is 101 cm³/mol. The number of ether oxygens (including phenoxy) is 1. The van der Waals surface area contributed by atoms with Crippen molar-refractivity contribution in [2.45, 2.75) is 13.0 Å². The summed E-state index contributed by atoms with van der Waals surface area (Å²) in [7, 11) is 1.54. The minimum Gasteiger partial charge on any atom is -0.496 e. The number of para-hydroxylation sites is 1. The first-order valence-electron chi connectivity index (χ1n) is 8.11. The molecule has 3 rings (SSSR count). The third kappa shape index (κ3) is 3.63. The zero-order valence-electron chi connectivity index (χ0n) is 14.6. The molecule has 1 N–H and O–H groups in total. The number of nitrogens with zero attached hydrogens (tertiary/aromatic N) is 1. The van der Waals surface area contributed by atoms with Crippen LogP contribution >= 0.6 is 23.2 Å². The largest absolute Gasteiger partial charge is 0.496 e. The van der Waals surface area contributed by atoms with Crippen LogP contribution in [0.15, 0.2) is 36.4 Å². The molecule has 1 unspecified atom stereocenters. The Balaban J connectivity index is 1.73. The molecule has 6 nitrogen and oxygen atoms in total. The van der Waals surface area contributed by atoms with Crippen molar-refractivity contribution in [3.63, 3.8) is 0 Å². The van der Waals surface area contributed by atoms with Gasteiger partial charge in [0.05, 0.1) is 34.3 Å². The number of carbonyl (C=O) groups is 3. The van der Waals surface area contributed by atoms with Gasteiger partial charge in [0.15, 0.2) is 0 Å². The van der Waals surface area contributed by atoms with Gasteiger partial charge in [-0.25, -0.2) is 0 Å². The summed E-state index contributed by atoms with van der Waals surface area (Å²) in [5.41, 5.74) is 1.06. The fraction of sp³-hybridized carbons (Fsp3) is 0.211. The van der Waals surface area contributed by atoms with Crippen LogP contribution in [0.1, 0.15) is 39.2 Å². The van der Waals surface area contributed by atoms with E-state index >= 15 is 0 Å². The lowest BCUT2D eigenvalue weighted by Crippen LogP contribution is -2.41. The minimum atomic E-state index is -0.575. The Morgan fingerprint density at radius 2 is 1.67 bits per heavy atom. The zero-order valence-corrected chi connectivity index (χ0v) is 16.1. The minimum absolute atomic E-state index is 0.139. The van der Waals surface area contributed by atoms with Crippen LogP contribution in [0.25, 0.3) is 0 Å². The van der Waals surface area contributed by atoms with E-state index in [9.17, 15) is 14.4 Å². The molecule has 0 spiro atoms. The average Bonchev–Trinajstić information content (AvgIpc) is 2.86. The van der Waals surface area contributed by atoms with Crippen molar-refractivity contribution in [1.82, 2.24) is 10.2 Å². The molecule has 1 aliphatic rings. The van der Waals surface area contributed by atoms with Gasteiger partial charge in [-0.3, -0.25) is 19.3 Å². The van der Waals surface area contributed by atoms with Gasteiger partial charge in [0.2, 0.25) is 5.91 Å². The Hall–Kier alpha value is -2.57. The van der Waals surface area contributed by atoms with Crippen molar-refractivity contribution in [1.29, 1.82) is 0 Å². The fourth-order valence-corrected chi connectivity index (χ4v) is 3.29. The molecular formula is C19H16Cl2N2O4. The number of amides is 3. The van der Waals surface area contributed by atoms with Gasteiger partial charge >= 0.3 is 0 Å². The number of fused-ring (bicyclic) bond motifs is 1. The summed E-state index contributed by atoms with van der Waals surface area (Å²) in [6.07, 6.45) is 0. The lowest BCUT2D eigenvalue weighted by molar-refractivity contribution is -0.122. The first-order valence-corrected chi connectivity index (χ1v) is 8.86. The van der Waals surface area contributed by atoms with E-state index in [4.69, 9.17) is 27.9 Å². The summed E-state index contributed by atoms with van der Waals surface area (Å²) >= 11 is 11.8. The number of halogens is 2. The SMILES string of the molecule is COc1ccccc1C(C)NC(=O)CN1C(=O)c2cc(Cl)c(Cl)cc2C1=O. The molecule has 0 radical (unpaired) electrons. The molecule has 8 heteroatoms. The van der Waals surface area contributed by atoms with Gasteiger partial charge in [-0.15, -0.1) is 0 Å². The second-order valence-electron chi connectivity index (χ2n) is 6.04. The van der Waals surface area contributed by atoms with E-state index in [0.29, 0.717) is 5.75 Å². The maximum atomic E-state index is 12.5. The second-order valence-corrected chi connectivity index (χ2v) is 6.85. The normalized spacial score (nSPS) is 14.1. The number of imide groups is 1. The van der Waals surface area contributed by atoms with Crippen molar-refractivity contribution in [3.05, 3.63) is 63.1 Å². The van der Waals surface area contributed by atoms with Gasteiger partial charge in [0.1, 0.15) is 12.3 Å². The Kier molecular flexibility index (Phi) is 5.39. The fourth-order valence-electron chi connectivity index (χ4n) is 2.96. The molecule has 0 saturated heterocycles. The van der Waals surface area contributed by atoms with Crippen LogP contribution in [0.4, 0.5) is 0 Å². The third-order valence-electron chi connectivity index (χ3n) is 4.30. The molecule has 1 heterocycles. The third-order valence-corrected chi connectivity index (χ3v) is 5.02. The number of hydrogen-bond donors (Lipinski definition) is 1. The molecule has 3 amide bonds. The molecule has 1 aliphatic heterocycles. The molecule has 0 fully saturated rings. The smallest absolute Gasteiger partial charge is 0.262 e. The van der Waals surface area contributed by atoms with E-state index in [-0.39, 0.29) is 27.2 Å². The first kappa shape index (κ1) is 19.2. The number of methoxy groups -OCH3 is 1. The van der Waals surface area contributed by atoms with Crippen molar-refractivity contribution in [2.24, 2.45) is 0 Å². The van der Waals surface area contributed by atoms with E-state index in [0.717, 1.165) is 10.5 Å². The topological polar surface area (TPSA) is 75.7 Å². The van der Waals surface area contributed by atoms with Crippen LogP contribution in [0.5, 0.6) is 5.75 Å².